The highest BCUT2D eigenvalue weighted by Gasteiger charge is 2.37. The van der Waals surface area contributed by atoms with Gasteiger partial charge in [-0.2, -0.15) is 0 Å². The lowest BCUT2D eigenvalue weighted by Crippen LogP contribution is -2.44. The molecule has 2 aliphatic heterocycles. The number of nitrogens with zero attached hydrogens (tertiary/aromatic N) is 2. The van der Waals surface area contributed by atoms with E-state index in [1.165, 1.54) is 0 Å². The highest BCUT2D eigenvalue weighted by molar-refractivity contribution is 9.10. The number of likely N-dealkylation sites (tertiary alicyclic amines) is 1. The molecule has 0 saturated carbocycles. The molecule has 1 N–H and O–H groups in total. The van der Waals surface area contributed by atoms with Gasteiger partial charge in [-0.15, -0.1) is 0 Å². The minimum Gasteiger partial charge on any atom is -0.490 e. The fourth-order valence-electron chi connectivity index (χ4n) is 4.13. The molecule has 206 valence electrons. The van der Waals surface area contributed by atoms with Gasteiger partial charge in [0.15, 0.2) is 18.1 Å². The van der Waals surface area contributed by atoms with E-state index in [4.69, 9.17) is 21.1 Å². The topological polar surface area (TPSA) is 105 Å². The van der Waals surface area contributed by atoms with Crippen LogP contribution in [0.15, 0.2) is 45.8 Å². The fourth-order valence-corrected chi connectivity index (χ4v) is 5.72. The van der Waals surface area contributed by atoms with E-state index in [0.717, 1.165) is 35.9 Å². The van der Waals surface area contributed by atoms with Crippen LogP contribution in [0.25, 0.3) is 6.08 Å². The van der Waals surface area contributed by atoms with E-state index in [9.17, 15) is 19.2 Å². The summed E-state index contributed by atoms with van der Waals surface area (Å²) < 4.78 is 12.0. The predicted octanol–water partition coefficient (Wildman–Crippen LogP) is 5.57. The van der Waals surface area contributed by atoms with E-state index < -0.39 is 17.1 Å². The Morgan fingerprint density at radius 2 is 1.87 bits per heavy atom. The van der Waals surface area contributed by atoms with Crippen LogP contribution in [0.3, 0.4) is 0 Å². The van der Waals surface area contributed by atoms with E-state index in [1.807, 2.05) is 0 Å². The Kier molecular flexibility index (Phi) is 9.93. The van der Waals surface area contributed by atoms with Gasteiger partial charge in [-0.3, -0.25) is 24.1 Å². The van der Waals surface area contributed by atoms with Gasteiger partial charge >= 0.3 is 0 Å². The van der Waals surface area contributed by atoms with E-state index in [0.29, 0.717) is 51.9 Å². The molecule has 2 saturated heterocycles. The van der Waals surface area contributed by atoms with Crippen molar-refractivity contribution in [3.05, 3.63) is 56.4 Å². The van der Waals surface area contributed by atoms with Crippen molar-refractivity contribution in [1.82, 2.24) is 9.80 Å². The molecule has 2 aromatic carbocycles. The lowest BCUT2D eigenvalue weighted by Gasteiger charge is -2.27. The normalized spacial score (nSPS) is 16.5. The van der Waals surface area contributed by atoms with Crippen LogP contribution in [-0.2, 0) is 14.4 Å². The van der Waals surface area contributed by atoms with Gasteiger partial charge in [0.05, 0.1) is 26.7 Å². The standard InChI is InChI=1S/C27H27BrClN3O6S/c1-2-37-21-13-17(12-18(28)25(21)38-16-23(33)30-20-9-5-4-8-19(20)29)14-22-26(35)32(27(36)39-22)15-24(34)31-10-6-3-7-11-31/h4-5,8-9,12-14H,2-3,6-7,10-11,15-16H2,1H3,(H,30,33)/b22-14-. The lowest BCUT2D eigenvalue weighted by molar-refractivity contribution is -0.136. The summed E-state index contributed by atoms with van der Waals surface area (Å²) in [5, 5.41) is 2.62. The molecule has 2 heterocycles. The molecule has 0 bridgehead atoms. The zero-order chi connectivity index (χ0) is 27.9. The van der Waals surface area contributed by atoms with Crippen molar-refractivity contribution in [1.29, 1.82) is 0 Å². The Morgan fingerprint density at radius 3 is 2.59 bits per heavy atom. The summed E-state index contributed by atoms with van der Waals surface area (Å²) >= 11 is 10.3. The average molecular weight is 637 g/mol. The third kappa shape index (κ3) is 7.34. The molecule has 2 aliphatic rings. The number of carbonyl (C=O) groups is 4. The molecule has 39 heavy (non-hydrogen) atoms. The van der Waals surface area contributed by atoms with E-state index in [2.05, 4.69) is 21.2 Å². The van der Waals surface area contributed by atoms with Gasteiger partial charge in [-0.05, 0) is 89.8 Å². The molecule has 2 fully saturated rings. The monoisotopic (exact) mass is 635 g/mol. The summed E-state index contributed by atoms with van der Waals surface area (Å²) in [6, 6.07) is 10.2. The van der Waals surface area contributed by atoms with Crippen LogP contribution in [0.1, 0.15) is 31.7 Å². The van der Waals surface area contributed by atoms with E-state index >= 15 is 0 Å². The van der Waals surface area contributed by atoms with Crippen molar-refractivity contribution in [2.75, 3.05) is 38.2 Å². The molecule has 4 amide bonds. The summed E-state index contributed by atoms with van der Waals surface area (Å²) in [5.41, 5.74) is 1.05. The first-order valence-electron chi connectivity index (χ1n) is 12.4. The summed E-state index contributed by atoms with van der Waals surface area (Å²) in [5.74, 6) is -0.485. The Morgan fingerprint density at radius 1 is 1.13 bits per heavy atom. The van der Waals surface area contributed by atoms with Crippen molar-refractivity contribution in [2.45, 2.75) is 26.2 Å². The highest BCUT2D eigenvalue weighted by Crippen LogP contribution is 2.39. The molecule has 12 heteroatoms. The minimum absolute atomic E-state index is 0.202. The largest absolute Gasteiger partial charge is 0.490 e. The fraction of sp³-hybridized carbons (Fsp3) is 0.333. The zero-order valence-electron chi connectivity index (χ0n) is 21.2. The molecule has 0 spiro atoms. The van der Waals surface area contributed by atoms with Crippen LogP contribution in [0.2, 0.25) is 5.02 Å². The first kappa shape index (κ1) is 29.0. The summed E-state index contributed by atoms with van der Waals surface area (Å²) in [4.78, 5) is 53.5. The second kappa shape index (κ2) is 13.4. The maximum Gasteiger partial charge on any atom is 0.294 e. The number of imide groups is 1. The summed E-state index contributed by atoms with van der Waals surface area (Å²) in [7, 11) is 0. The smallest absolute Gasteiger partial charge is 0.294 e. The molecule has 0 unspecified atom stereocenters. The number of nitrogens with one attached hydrogen (secondary N) is 1. The van der Waals surface area contributed by atoms with Crippen molar-refractivity contribution in [3.63, 3.8) is 0 Å². The van der Waals surface area contributed by atoms with E-state index in [1.54, 1.807) is 54.3 Å². The first-order chi connectivity index (χ1) is 18.8. The number of rotatable bonds is 9. The Balaban J connectivity index is 1.46. The average Bonchev–Trinajstić information content (AvgIpc) is 3.17. The molecule has 4 rings (SSSR count). The van der Waals surface area contributed by atoms with Crippen LogP contribution in [0, 0.1) is 0 Å². The molecule has 0 radical (unpaired) electrons. The second-order valence-corrected chi connectivity index (χ2v) is 11.0. The molecular weight excluding hydrogens is 610 g/mol. The first-order valence-corrected chi connectivity index (χ1v) is 14.4. The number of benzene rings is 2. The Hall–Kier alpha value is -3.02. The van der Waals surface area contributed by atoms with Crippen LogP contribution in [0.5, 0.6) is 11.5 Å². The third-order valence-electron chi connectivity index (χ3n) is 6.00. The van der Waals surface area contributed by atoms with Crippen molar-refractivity contribution in [2.24, 2.45) is 0 Å². The summed E-state index contributed by atoms with van der Waals surface area (Å²) in [6.45, 7) is 2.86. The maximum absolute atomic E-state index is 13.0. The number of halogens is 2. The predicted molar refractivity (Wildman–Crippen MR) is 154 cm³/mol. The van der Waals surface area contributed by atoms with Crippen molar-refractivity contribution < 1.29 is 28.7 Å². The number of ether oxygens (including phenoxy) is 2. The SMILES string of the molecule is CCOc1cc(/C=C2\SC(=O)N(CC(=O)N3CCCCC3)C2=O)cc(Br)c1OCC(=O)Nc1ccccc1Cl. The van der Waals surface area contributed by atoms with Gasteiger partial charge in [0, 0.05) is 13.1 Å². The van der Waals surface area contributed by atoms with Crippen LogP contribution < -0.4 is 14.8 Å². The maximum atomic E-state index is 13.0. The molecule has 2 aromatic rings. The minimum atomic E-state index is -0.513. The highest BCUT2D eigenvalue weighted by atomic mass is 79.9. The Labute approximate surface area is 243 Å². The molecule has 0 aliphatic carbocycles. The van der Waals surface area contributed by atoms with Gasteiger partial charge in [0.2, 0.25) is 5.91 Å². The van der Waals surface area contributed by atoms with Gasteiger partial charge in [-0.1, -0.05) is 23.7 Å². The van der Waals surface area contributed by atoms with Crippen LogP contribution >= 0.6 is 39.3 Å². The van der Waals surface area contributed by atoms with Crippen molar-refractivity contribution >= 4 is 74.0 Å². The number of hydrogen-bond donors (Lipinski definition) is 1. The molecular formula is C27H27BrClN3O6S. The third-order valence-corrected chi connectivity index (χ3v) is 7.83. The van der Waals surface area contributed by atoms with Gasteiger partial charge in [0.1, 0.15) is 6.54 Å². The zero-order valence-corrected chi connectivity index (χ0v) is 24.4. The van der Waals surface area contributed by atoms with Crippen LogP contribution in [0.4, 0.5) is 10.5 Å². The van der Waals surface area contributed by atoms with Gasteiger partial charge < -0.3 is 19.7 Å². The quantitative estimate of drug-likeness (QED) is 0.359. The van der Waals surface area contributed by atoms with Gasteiger partial charge in [-0.25, -0.2) is 0 Å². The second-order valence-electron chi connectivity index (χ2n) is 8.79. The molecule has 9 nitrogen and oxygen atoms in total. The molecule has 0 aromatic heterocycles. The number of thioether (sulfide) groups is 1. The number of hydrogen-bond acceptors (Lipinski definition) is 7. The van der Waals surface area contributed by atoms with Crippen LogP contribution in [-0.4, -0.2) is 65.6 Å². The number of anilines is 1. The number of carbonyl (C=O) groups excluding carboxylic acids is 4. The number of piperidine rings is 1. The lowest BCUT2D eigenvalue weighted by atomic mass is 10.1. The number of amides is 4. The molecule has 0 atom stereocenters. The number of para-hydroxylation sites is 1. The van der Waals surface area contributed by atoms with Crippen molar-refractivity contribution in [3.8, 4) is 11.5 Å². The van der Waals surface area contributed by atoms with E-state index in [-0.39, 0.29) is 24.0 Å². The van der Waals surface area contributed by atoms with Gasteiger partial charge in [0.25, 0.3) is 17.1 Å². The summed E-state index contributed by atoms with van der Waals surface area (Å²) in [6.07, 6.45) is 4.50. The Bertz CT molecular complexity index is 1310.